The molecule has 0 aliphatic carbocycles. The molecule has 0 unspecified atom stereocenters. The third-order valence-electron chi connectivity index (χ3n) is 5.03. The van der Waals surface area contributed by atoms with Crippen LogP contribution < -0.4 is 16.6 Å². The molecule has 1 amide bonds. The lowest BCUT2D eigenvalue weighted by Crippen LogP contribution is -2.33. The zero-order chi connectivity index (χ0) is 24.8. The third-order valence-corrected chi connectivity index (χ3v) is 5.03. The van der Waals surface area contributed by atoms with Crippen LogP contribution in [0.2, 0.25) is 0 Å². The van der Waals surface area contributed by atoms with Gasteiger partial charge in [0.1, 0.15) is 6.61 Å². The smallest absolute Gasteiger partial charge is 0.305 e. The number of rotatable bonds is 15. The second-order valence-electron chi connectivity index (χ2n) is 7.82. The summed E-state index contributed by atoms with van der Waals surface area (Å²) in [5, 5.41) is 11.5. The van der Waals surface area contributed by atoms with Gasteiger partial charge in [0.25, 0.3) is 0 Å². The number of aryl methyl sites for hydroxylation is 1. The normalized spacial score (nSPS) is 11.3. The van der Waals surface area contributed by atoms with Gasteiger partial charge in [-0.05, 0) is 48.9 Å². The Morgan fingerprint density at radius 3 is 2.32 bits per heavy atom. The van der Waals surface area contributed by atoms with Gasteiger partial charge in [-0.1, -0.05) is 42.5 Å². The largest absolute Gasteiger partial charge is 0.481 e. The number of hydrogen-bond acceptors (Lipinski definition) is 6. The Hall–Kier alpha value is -3.43. The van der Waals surface area contributed by atoms with Crippen LogP contribution in [0.4, 0.5) is 10.1 Å². The molecule has 2 rings (SSSR count). The van der Waals surface area contributed by atoms with Gasteiger partial charge in [0.2, 0.25) is 5.91 Å². The molecule has 0 fully saturated rings. The van der Waals surface area contributed by atoms with E-state index in [1.165, 1.54) is 5.01 Å². The van der Waals surface area contributed by atoms with E-state index < -0.39 is 12.6 Å². The van der Waals surface area contributed by atoms with Crippen LogP contribution in [0.25, 0.3) is 0 Å². The summed E-state index contributed by atoms with van der Waals surface area (Å²) in [6.45, 7) is -0.243. The maximum absolute atomic E-state index is 12.6. The SMILES string of the molecule is N/C(=C\N(N)c1ccc(CCCC(=O)N(CCC(=O)O)OCc2ccccc2)cc1)CCCF. The Morgan fingerprint density at radius 2 is 1.68 bits per heavy atom. The number of benzene rings is 2. The highest BCUT2D eigenvalue weighted by Gasteiger charge is 2.16. The van der Waals surface area contributed by atoms with E-state index in [9.17, 15) is 14.0 Å². The standard InChI is InChI=1S/C25H33FN4O4/c26-16-5-9-22(27)18-29(28)23-13-11-20(12-14-23)8-4-10-24(31)30(17-15-25(32)33)34-19-21-6-2-1-3-7-21/h1-3,6-7,11-14,18H,4-5,8-10,15-17,19,27-28H2,(H,32,33)/b22-18-. The Bertz CT molecular complexity index is 922. The molecule has 34 heavy (non-hydrogen) atoms. The molecule has 0 heterocycles. The number of nitrogens with two attached hydrogens (primary N) is 2. The van der Waals surface area contributed by atoms with Crippen molar-refractivity contribution >= 4 is 17.6 Å². The van der Waals surface area contributed by atoms with Crippen molar-refractivity contribution in [3.63, 3.8) is 0 Å². The number of anilines is 1. The predicted molar refractivity (Wildman–Crippen MR) is 129 cm³/mol. The summed E-state index contributed by atoms with van der Waals surface area (Å²) in [5.74, 6) is 4.74. The van der Waals surface area contributed by atoms with Gasteiger partial charge in [-0.15, -0.1) is 0 Å². The number of alkyl halides is 1. The molecular weight excluding hydrogens is 439 g/mol. The fourth-order valence-electron chi connectivity index (χ4n) is 3.18. The van der Waals surface area contributed by atoms with Crippen LogP contribution >= 0.6 is 0 Å². The van der Waals surface area contributed by atoms with Crippen molar-refractivity contribution < 1.29 is 23.9 Å². The van der Waals surface area contributed by atoms with Crippen molar-refractivity contribution in [3.05, 3.63) is 77.6 Å². The molecule has 2 aromatic rings. The number of hydrazine groups is 1. The van der Waals surface area contributed by atoms with Crippen molar-refractivity contribution in [1.82, 2.24) is 5.06 Å². The molecule has 0 spiro atoms. The number of carbonyl (C=O) groups is 2. The minimum Gasteiger partial charge on any atom is -0.481 e. The highest BCUT2D eigenvalue weighted by atomic mass is 19.1. The Morgan fingerprint density at radius 1 is 0.971 bits per heavy atom. The quantitative estimate of drug-likeness (QED) is 0.267. The summed E-state index contributed by atoms with van der Waals surface area (Å²) in [7, 11) is 0. The summed E-state index contributed by atoms with van der Waals surface area (Å²) in [4.78, 5) is 29.2. The first-order valence-corrected chi connectivity index (χ1v) is 11.2. The van der Waals surface area contributed by atoms with Crippen molar-refractivity contribution in [3.8, 4) is 0 Å². The Balaban J connectivity index is 1.85. The summed E-state index contributed by atoms with van der Waals surface area (Å²) in [6, 6.07) is 16.9. The second-order valence-corrected chi connectivity index (χ2v) is 7.82. The van der Waals surface area contributed by atoms with Crippen molar-refractivity contribution in [2.75, 3.05) is 18.2 Å². The van der Waals surface area contributed by atoms with Crippen LogP contribution in [0, 0.1) is 0 Å². The Labute approximate surface area is 199 Å². The second kappa shape index (κ2) is 14.7. The first-order valence-electron chi connectivity index (χ1n) is 11.2. The number of amides is 1. The molecule has 8 nitrogen and oxygen atoms in total. The third kappa shape index (κ3) is 10.0. The molecule has 0 radical (unpaired) electrons. The molecule has 0 aliphatic rings. The molecule has 0 atom stereocenters. The minimum atomic E-state index is -0.992. The molecule has 0 aliphatic heterocycles. The van der Waals surface area contributed by atoms with Gasteiger partial charge in [0.15, 0.2) is 0 Å². The van der Waals surface area contributed by atoms with E-state index in [0.29, 0.717) is 31.4 Å². The van der Waals surface area contributed by atoms with Gasteiger partial charge < -0.3 is 10.8 Å². The molecular formula is C25H33FN4O4. The number of allylic oxidation sites excluding steroid dienone is 1. The zero-order valence-electron chi connectivity index (χ0n) is 19.2. The molecule has 184 valence electrons. The first kappa shape index (κ1) is 26.8. The predicted octanol–water partition coefficient (Wildman–Crippen LogP) is 3.67. The molecule has 9 heteroatoms. The number of hydroxylamine groups is 2. The summed E-state index contributed by atoms with van der Waals surface area (Å²) in [6.07, 6.45) is 3.66. The average molecular weight is 473 g/mol. The van der Waals surface area contributed by atoms with E-state index in [1.807, 2.05) is 54.6 Å². The van der Waals surface area contributed by atoms with Crippen LogP contribution in [0.1, 0.15) is 43.2 Å². The topological polar surface area (TPSA) is 122 Å². The molecule has 5 N–H and O–H groups in total. The lowest BCUT2D eigenvalue weighted by Gasteiger charge is -2.21. The van der Waals surface area contributed by atoms with Crippen LogP contribution in [-0.4, -0.2) is 35.3 Å². The maximum atomic E-state index is 12.6. The van der Waals surface area contributed by atoms with Crippen molar-refractivity contribution in [2.45, 2.75) is 45.1 Å². The van der Waals surface area contributed by atoms with E-state index in [0.717, 1.165) is 21.9 Å². The van der Waals surface area contributed by atoms with Gasteiger partial charge in [-0.2, -0.15) is 0 Å². The molecule has 0 saturated heterocycles. The van der Waals surface area contributed by atoms with Gasteiger partial charge in [0, 0.05) is 18.3 Å². The number of carboxylic acids is 1. The molecule has 0 bridgehead atoms. The lowest BCUT2D eigenvalue weighted by atomic mass is 10.1. The summed E-state index contributed by atoms with van der Waals surface area (Å²) >= 11 is 0. The van der Waals surface area contributed by atoms with Gasteiger partial charge >= 0.3 is 5.97 Å². The Kier molecular flexibility index (Phi) is 11.6. The van der Waals surface area contributed by atoms with E-state index in [4.69, 9.17) is 21.5 Å². The minimum absolute atomic E-state index is 0.00991. The highest BCUT2D eigenvalue weighted by molar-refractivity contribution is 5.76. The number of carbonyl (C=O) groups excluding carboxylic acids is 1. The van der Waals surface area contributed by atoms with Gasteiger partial charge in [0.05, 0.1) is 25.3 Å². The van der Waals surface area contributed by atoms with Crippen molar-refractivity contribution in [1.29, 1.82) is 0 Å². The molecule has 2 aromatic carbocycles. The number of nitrogens with zero attached hydrogens (tertiary/aromatic N) is 2. The van der Waals surface area contributed by atoms with Gasteiger partial charge in [-0.25, -0.2) is 10.9 Å². The van der Waals surface area contributed by atoms with Crippen LogP contribution in [0.15, 0.2) is 66.5 Å². The fraction of sp³-hybridized carbons (Fsp3) is 0.360. The fourth-order valence-corrected chi connectivity index (χ4v) is 3.18. The highest BCUT2D eigenvalue weighted by Crippen LogP contribution is 2.16. The lowest BCUT2D eigenvalue weighted by molar-refractivity contribution is -0.192. The number of aliphatic carboxylic acids is 1. The number of hydrogen-bond donors (Lipinski definition) is 3. The van der Waals surface area contributed by atoms with E-state index in [2.05, 4.69) is 0 Å². The maximum Gasteiger partial charge on any atom is 0.305 e. The van der Waals surface area contributed by atoms with E-state index in [-0.39, 0.29) is 31.9 Å². The first-order chi connectivity index (χ1) is 16.4. The summed E-state index contributed by atoms with van der Waals surface area (Å²) in [5.41, 5.74) is 8.99. The van der Waals surface area contributed by atoms with Gasteiger partial charge in [-0.3, -0.25) is 23.8 Å². The number of halogens is 1. The molecule has 0 saturated carbocycles. The average Bonchev–Trinajstić information content (AvgIpc) is 2.83. The summed E-state index contributed by atoms with van der Waals surface area (Å²) < 4.78 is 12.3. The zero-order valence-corrected chi connectivity index (χ0v) is 19.2. The van der Waals surface area contributed by atoms with E-state index in [1.54, 1.807) is 6.20 Å². The monoisotopic (exact) mass is 472 g/mol. The van der Waals surface area contributed by atoms with Crippen LogP contribution in [-0.2, 0) is 27.5 Å². The van der Waals surface area contributed by atoms with E-state index >= 15 is 0 Å². The molecule has 0 aromatic heterocycles. The number of carboxylic acid groups (broad SMARTS) is 1. The van der Waals surface area contributed by atoms with Crippen LogP contribution in [0.5, 0.6) is 0 Å². The van der Waals surface area contributed by atoms with Crippen LogP contribution in [0.3, 0.4) is 0 Å². The van der Waals surface area contributed by atoms with Crippen molar-refractivity contribution in [2.24, 2.45) is 11.6 Å².